The third kappa shape index (κ3) is 4.47. The van der Waals surface area contributed by atoms with Crippen LogP contribution in [0.1, 0.15) is 29.9 Å². The molecule has 0 atom stereocenters. The van der Waals surface area contributed by atoms with Gasteiger partial charge in [0.05, 0.1) is 18.3 Å². The highest BCUT2D eigenvalue weighted by atomic mass is 16.7. The summed E-state index contributed by atoms with van der Waals surface area (Å²) >= 11 is 0. The molecule has 7 nitrogen and oxygen atoms in total. The lowest BCUT2D eigenvalue weighted by molar-refractivity contribution is 0.0959. The number of rotatable bonds is 4. The number of fused-ring (bicyclic) bond motifs is 1. The zero-order valence-corrected chi connectivity index (χ0v) is 14.1. The molecule has 0 saturated carbocycles. The van der Waals surface area contributed by atoms with Crippen LogP contribution in [0.5, 0.6) is 11.5 Å². The number of hydrogen-bond acceptors (Lipinski definition) is 6. The van der Waals surface area contributed by atoms with E-state index >= 15 is 0 Å². The number of amidine groups is 1. The lowest BCUT2D eigenvalue weighted by Crippen LogP contribution is -2.34. The van der Waals surface area contributed by atoms with Crippen LogP contribution in [-0.2, 0) is 11.3 Å². The average molecular weight is 341 g/mol. The quantitative estimate of drug-likeness (QED) is 0.682. The van der Waals surface area contributed by atoms with Crippen LogP contribution in [-0.4, -0.2) is 29.8 Å². The highest BCUT2D eigenvalue weighted by Crippen LogP contribution is 2.32. The molecule has 2 heterocycles. The van der Waals surface area contributed by atoms with Gasteiger partial charge in [0.25, 0.3) is 11.9 Å². The van der Waals surface area contributed by atoms with Gasteiger partial charge in [-0.15, -0.1) is 0 Å². The van der Waals surface area contributed by atoms with E-state index in [9.17, 15) is 4.79 Å². The van der Waals surface area contributed by atoms with Crippen LogP contribution < -0.4 is 14.8 Å². The van der Waals surface area contributed by atoms with E-state index in [-0.39, 0.29) is 24.8 Å². The van der Waals surface area contributed by atoms with E-state index in [0.717, 1.165) is 5.69 Å². The van der Waals surface area contributed by atoms with Crippen molar-refractivity contribution >= 4 is 11.9 Å². The van der Waals surface area contributed by atoms with Crippen LogP contribution in [0.25, 0.3) is 0 Å². The third-order valence-electron chi connectivity index (χ3n) is 3.31. The molecule has 2 aromatic rings. The molecule has 130 valence electrons. The minimum absolute atomic E-state index is 0.125. The average Bonchev–Trinajstić information content (AvgIpc) is 3.07. The van der Waals surface area contributed by atoms with Gasteiger partial charge in [-0.3, -0.25) is 15.1 Å². The van der Waals surface area contributed by atoms with Crippen molar-refractivity contribution in [3.63, 3.8) is 0 Å². The van der Waals surface area contributed by atoms with Gasteiger partial charge in [-0.2, -0.15) is 0 Å². The van der Waals surface area contributed by atoms with Crippen molar-refractivity contribution in [3.8, 4) is 11.5 Å². The van der Waals surface area contributed by atoms with E-state index in [4.69, 9.17) is 14.2 Å². The van der Waals surface area contributed by atoms with Crippen LogP contribution in [0.2, 0.25) is 0 Å². The molecule has 1 aromatic heterocycles. The molecule has 1 N–H and O–H groups in total. The summed E-state index contributed by atoms with van der Waals surface area (Å²) in [5.74, 6) is 0.835. The van der Waals surface area contributed by atoms with Crippen molar-refractivity contribution in [1.82, 2.24) is 10.3 Å². The molecule has 0 saturated heterocycles. The van der Waals surface area contributed by atoms with Crippen LogP contribution in [0.15, 0.2) is 47.6 Å². The topological polar surface area (TPSA) is 82.0 Å². The Hall–Kier alpha value is -3.09. The molecule has 3 rings (SSSR count). The smallest absolute Gasteiger partial charge is 0.292 e. The van der Waals surface area contributed by atoms with Crippen LogP contribution >= 0.6 is 0 Å². The van der Waals surface area contributed by atoms with Crippen molar-refractivity contribution < 1.29 is 19.0 Å². The van der Waals surface area contributed by atoms with Gasteiger partial charge >= 0.3 is 0 Å². The van der Waals surface area contributed by atoms with E-state index in [2.05, 4.69) is 15.3 Å². The summed E-state index contributed by atoms with van der Waals surface area (Å²) in [5.41, 5.74) is 1.21. The molecule has 0 aliphatic carbocycles. The molecule has 1 aromatic carbocycles. The summed E-state index contributed by atoms with van der Waals surface area (Å²) in [6.07, 6.45) is 1.57. The number of carbonyl (C=O) groups excluding carboxylic acids is 1. The normalized spacial score (nSPS) is 13.0. The largest absolute Gasteiger partial charge is 0.462 e. The highest BCUT2D eigenvalue weighted by Gasteiger charge is 2.17. The Morgan fingerprint density at radius 1 is 1.28 bits per heavy atom. The first kappa shape index (κ1) is 16.8. The summed E-state index contributed by atoms with van der Waals surface area (Å²) in [6, 6.07) is 10.7. The Bertz CT molecular complexity index is 775. The molecule has 0 bridgehead atoms. The van der Waals surface area contributed by atoms with Crippen LogP contribution in [0, 0.1) is 0 Å². The summed E-state index contributed by atoms with van der Waals surface area (Å²) in [5, 5.41) is 2.69. The van der Waals surface area contributed by atoms with Crippen molar-refractivity contribution in [1.29, 1.82) is 0 Å². The fraction of sp³-hybridized carbons (Fsp3) is 0.278. The molecule has 1 amide bonds. The second kappa shape index (κ2) is 7.65. The summed E-state index contributed by atoms with van der Waals surface area (Å²) in [7, 11) is 0. The molecule has 25 heavy (non-hydrogen) atoms. The lowest BCUT2D eigenvalue weighted by atomic mass is 10.2. The lowest BCUT2D eigenvalue weighted by Gasteiger charge is -2.13. The third-order valence-corrected chi connectivity index (χ3v) is 3.31. The van der Waals surface area contributed by atoms with Gasteiger partial charge in [-0.25, -0.2) is 4.99 Å². The zero-order chi connectivity index (χ0) is 17.6. The molecular weight excluding hydrogens is 322 g/mol. The van der Waals surface area contributed by atoms with Crippen LogP contribution in [0.4, 0.5) is 0 Å². The molecule has 0 spiro atoms. The number of benzene rings is 1. The number of carbonyl (C=O) groups is 1. The first-order valence-corrected chi connectivity index (χ1v) is 7.94. The predicted octanol–water partition coefficient (Wildman–Crippen LogP) is 2.52. The Kier molecular flexibility index (Phi) is 5.13. The molecular formula is C18H19N3O4. The predicted molar refractivity (Wildman–Crippen MR) is 91.6 cm³/mol. The Balaban J connectivity index is 1.72. The minimum Gasteiger partial charge on any atom is -0.462 e. The molecule has 1 aliphatic rings. The number of nitrogens with zero attached hydrogens (tertiary/aromatic N) is 2. The van der Waals surface area contributed by atoms with E-state index in [0.29, 0.717) is 23.6 Å². The van der Waals surface area contributed by atoms with Crippen molar-refractivity contribution in [2.45, 2.75) is 26.5 Å². The highest BCUT2D eigenvalue weighted by molar-refractivity contribution is 6.04. The molecule has 1 aliphatic heterocycles. The maximum Gasteiger partial charge on any atom is 0.292 e. The fourth-order valence-corrected chi connectivity index (χ4v) is 2.18. The Morgan fingerprint density at radius 2 is 2.12 bits per heavy atom. The SMILES string of the molecule is CC(C)OC(=NCc1ccccn1)NC(=O)c1ccc2c(c1)OCO2. The number of ether oxygens (including phenoxy) is 3. The van der Waals surface area contributed by atoms with Gasteiger partial charge in [-0.1, -0.05) is 6.07 Å². The number of aliphatic imine (C=N–C) groups is 1. The second-order valence-corrected chi connectivity index (χ2v) is 5.63. The van der Waals surface area contributed by atoms with Gasteiger partial charge < -0.3 is 14.2 Å². The Labute approximate surface area is 145 Å². The van der Waals surface area contributed by atoms with E-state index in [1.54, 1.807) is 24.4 Å². The Morgan fingerprint density at radius 3 is 2.88 bits per heavy atom. The second-order valence-electron chi connectivity index (χ2n) is 5.63. The number of aromatic nitrogens is 1. The van der Waals surface area contributed by atoms with Crippen molar-refractivity contribution in [3.05, 3.63) is 53.9 Å². The first-order chi connectivity index (χ1) is 12.1. The fourth-order valence-electron chi connectivity index (χ4n) is 2.18. The number of pyridine rings is 1. The molecule has 0 unspecified atom stereocenters. The summed E-state index contributed by atoms with van der Waals surface area (Å²) in [4.78, 5) is 21.0. The van der Waals surface area contributed by atoms with E-state index < -0.39 is 0 Å². The monoisotopic (exact) mass is 341 g/mol. The maximum absolute atomic E-state index is 12.5. The summed E-state index contributed by atoms with van der Waals surface area (Å²) in [6.45, 7) is 4.20. The van der Waals surface area contributed by atoms with Gasteiger partial charge in [-0.05, 0) is 44.2 Å². The standard InChI is InChI=1S/C18H19N3O4/c1-12(2)25-18(20-10-14-5-3-4-8-19-14)21-17(22)13-6-7-15-16(9-13)24-11-23-15/h3-9,12H,10-11H2,1-2H3,(H,20,21,22). The summed E-state index contributed by atoms with van der Waals surface area (Å²) < 4.78 is 16.1. The van der Waals surface area contributed by atoms with Gasteiger partial charge in [0.2, 0.25) is 6.79 Å². The molecule has 7 heteroatoms. The molecule has 0 radical (unpaired) electrons. The van der Waals surface area contributed by atoms with Crippen molar-refractivity contribution in [2.24, 2.45) is 4.99 Å². The number of nitrogens with one attached hydrogen (secondary N) is 1. The van der Waals surface area contributed by atoms with Gasteiger partial charge in [0.1, 0.15) is 0 Å². The van der Waals surface area contributed by atoms with E-state index in [1.807, 2.05) is 32.0 Å². The van der Waals surface area contributed by atoms with Crippen LogP contribution in [0.3, 0.4) is 0 Å². The minimum atomic E-state index is -0.335. The zero-order valence-electron chi connectivity index (χ0n) is 14.1. The number of amides is 1. The van der Waals surface area contributed by atoms with Gasteiger partial charge in [0.15, 0.2) is 11.5 Å². The van der Waals surface area contributed by atoms with Gasteiger partial charge in [0, 0.05) is 11.8 Å². The molecule has 0 fully saturated rings. The van der Waals surface area contributed by atoms with Crippen molar-refractivity contribution in [2.75, 3.05) is 6.79 Å². The maximum atomic E-state index is 12.5. The van der Waals surface area contributed by atoms with E-state index in [1.165, 1.54) is 0 Å². The number of hydrogen-bond donors (Lipinski definition) is 1. The first-order valence-electron chi connectivity index (χ1n) is 7.94.